The minimum Gasteiger partial charge on any atom is -0.496 e. The maximum atomic E-state index is 12.9. The van der Waals surface area contributed by atoms with Gasteiger partial charge in [-0.15, -0.1) is 22.7 Å². The highest BCUT2D eigenvalue weighted by atomic mass is 32.1. The Kier molecular flexibility index (Phi) is 12.1. The van der Waals surface area contributed by atoms with Crippen LogP contribution in [0, 0.1) is 0 Å². The lowest BCUT2D eigenvalue weighted by Gasteiger charge is -2.17. The van der Waals surface area contributed by atoms with E-state index in [9.17, 15) is 9.59 Å². The molecule has 0 aliphatic rings. The average molecular weight is 667 g/mol. The molecule has 0 aliphatic carbocycles. The second-order valence-corrected chi connectivity index (χ2v) is 13.0. The van der Waals surface area contributed by atoms with Crippen molar-refractivity contribution in [2.45, 2.75) is 66.6 Å². The number of ether oxygens (including phenoxy) is 6. The second kappa shape index (κ2) is 16.0. The van der Waals surface area contributed by atoms with Crippen LogP contribution in [0.25, 0.3) is 30.6 Å². The van der Waals surface area contributed by atoms with E-state index in [0.717, 1.165) is 41.8 Å². The van der Waals surface area contributed by atoms with Crippen molar-refractivity contribution in [1.29, 1.82) is 0 Å². The molecule has 0 radical (unpaired) electrons. The molecule has 8 nitrogen and oxygen atoms in total. The zero-order valence-electron chi connectivity index (χ0n) is 27.7. The number of hydrogen-bond donors (Lipinski definition) is 0. The Morgan fingerprint density at radius 1 is 0.630 bits per heavy atom. The number of thiophene rings is 2. The molecule has 0 N–H and O–H groups in total. The maximum Gasteiger partial charge on any atom is 0.310 e. The van der Waals surface area contributed by atoms with Gasteiger partial charge in [-0.2, -0.15) is 0 Å². The topological polar surface area (TPSA) is 89.5 Å². The van der Waals surface area contributed by atoms with E-state index in [1.807, 2.05) is 76.2 Å². The van der Waals surface area contributed by atoms with Gasteiger partial charge < -0.3 is 28.4 Å². The van der Waals surface area contributed by atoms with Gasteiger partial charge in [-0.3, -0.25) is 9.59 Å². The Bertz CT molecular complexity index is 1650. The van der Waals surface area contributed by atoms with Gasteiger partial charge in [0, 0.05) is 19.5 Å². The molecule has 0 saturated heterocycles. The summed E-state index contributed by atoms with van der Waals surface area (Å²) < 4.78 is 34.7. The Hall–Kier alpha value is -4.02. The Morgan fingerprint density at radius 2 is 1.07 bits per heavy atom. The number of methoxy groups -OCH3 is 2. The van der Waals surface area contributed by atoms with Crippen LogP contribution in [0.4, 0.5) is 0 Å². The predicted octanol–water partition coefficient (Wildman–Crippen LogP) is 8.61. The molecule has 0 amide bonds. The molecule has 0 atom stereocenters. The van der Waals surface area contributed by atoms with Crippen LogP contribution in [0.15, 0.2) is 48.5 Å². The van der Waals surface area contributed by atoms with Gasteiger partial charge in [0.25, 0.3) is 0 Å². The average Bonchev–Trinajstić information content (AvgIpc) is 3.60. The molecule has 0 unspecified atom stereocenters. The lowest BCUT2D eigenvalue weighted by molar-refractivity contribution is -0.143. The summed E-state index contributed by atoms with van der Waals surface area (Å²) in [7, 11) is 3.24. The van der Waals surface area contributed by atoms with E-state index in [1.54, 1.807) is 28.1 Å². The fourth-order valence-corrected chi connectivity index (χ4v) is 7.65. The summed E-state index contributed by atoms with van der Waals surface area (Å²) in [6.07, 6.45) is -0.00884. The van der Waals surface area contributed by atoms with Crippen molar-refractivity contribution in [3.63, 3.8) is 0 Å². The first-order valence-electron chi connectivity index (χ1n) is 15.3. The van der Waals surface area contributed by atoms with Crippen LogP contribution in [0.2, 0.25) is 0 Å². The number of carbonyl (C=O) groups excluding carboxylic acids is 2. The minimum atomic E-state index is -0.336. The minimum absolute atomic E-state index is 0.0577. The standard InChI is InChI=1S/C36H42O8S2/c1-9-41-31(37)19-23-17-29(33-25(39-7)13-11-15-27(33)43-21(3)4)45-35(23)30-18-24(20-32(38)42-10-2)36(46-30)34-26(40-8)14-12-16-28(34)44-22(5)6/h11-18,21-22H,9-10,19-20H2,1-8H3. The summed E-state index contributed by atoms with van der Waals surface area (Å²) in [5.74, 6) is 1.96. The fourth-order valence-electron chi connectivity index (χ4n) is 5.04. The van der Waals surface area contributed by atoms with E-state index in [0.29, 0.717) is 23.0 Å². The van der Waals surface area contributed by atoms with Gasteiger partial charge in [-0.05, 0) is 89.1 Å². The zero-order valence-corrected chi connectivity index (χ0v) is 29.3. The largest absolute Gasteiger partial charge is 0.496 e. The molecule has 4 aromatic rings. The summed E-state index contributed by atoms with van der Waals surface area (Å²) >= 11 is 3.04. The van der Waals surface area contributed by atoms with Gasteiger partial charge >= 0.3 is 11.9 Å². The molecule has 0 fully saturated rings. The van der Waals surface area contributed by atoms with Crippen molar-refractivity contribution in [2.24, 2.45) is 0 Å². The number of esters is 2. The van der Waals surface area contributed by atoms with Crippen molar-refractivity contribution in [3.05, 3.63) is 59.7 Å². The lowest BCUT2D eigenvalue weighted by Crippen LogP contribution is -2.09. The van der Waals surface area contributed by atoms with Gasteiger partial charge in [0.05, 0.1) is 63.6 Å². The van der Waals surface area contributed by atoms with Gasteiger partial charge in [0.1, 0.15) is 23.0 Å². The highest BCUT2D eigenvalue weighted by molar-refractivity contribution is 7.25. The molecule has 0 spiro atoms. The summed E-state index contributed by atoms with van der Waals surface area (Å²) in [5, 5.41) is 0. The fraction of sp³-hybridized carbons (Fsp3) is 0.389. The third kappa shape index (κ3) is 8.22. The first-order chi connectivity index (χ1) is 22.1. The van der Waals surface area contributed by atoms with Gasteiger partial charge in [0.2, 0.25) is 0 Å². The summed E-state index contributed by atoms with van der Waals surface area (Å²) in [6.45, 7) is 12.0. The normalized spacial score (nSPS) is 11.1. The first-order valence-corrected chi connectivity index (χ1v) is 17.0. The molecule has 0 aliphatic heterocycles. The Labute approximate surface area is 279 Å². The summed E-state index contributed by atoms with van der Waals surface area (Å²) in [4.78, 5) is 29.2. The van der Waals surface area contributed by atoms with Crippen molar-refractivity contribution in [2.75, 3.05) is 27.4 Å². The highest BCUT2D eigenvalue weighted by Crippen LogP contribution is 2.51. The van der Waals surface area contributed by atoms with E-state index in [1.165, 1.54) is 22.7 Å². The lowest BCUT2D eigenvalue weighted by atomic mass is 10.0. The third-order valence-electron chi connectivity index (χ3n) is 6.74. The maximum absolute atomic E-state index is 12.9. The molecule has 246 valence electrons. The van der Waals surface area contributed by atoms with Crippen LogP contribution in [0.3, 0.4) is 0 Å². The quantitative estimate of drug-likeness (QED) is 0.117. The number of rotatable bonds is 15. The summed E-state index contributed by atoms with van der Waals surface area (Å²) in [6, 6.07) is 15.4. The molecule has 10 heteroatoms. The van der Waals surface area contributed by atoms with Crippen molar-refractivity contribution in [1.82, 2.24) is 0 Å². The second-order valence-electron chi connectivity index (χ2n) is 10.9. The smallest absolute Gasteiger partial charge is 0.310 e. The monoisotopic (exact) mass is 666 g/mol. The highest BCUT2D eigenvalue weighted by Gasteiger charge is 2.26. The van der Waals surface area contributed by atoms with Crippen molar-refractivity contribution in [3.8, 4) is 53.6 Å². The number of benzene rings is 2. The van der Waals surface area contributed by atoms with Crippen molar-refractivity contribution < 1.29 is 38.0 Å². The van der Waals surface area contributed by atoms with Gasteiger partial charge in [-0.1, -0.05) is 12.1 Å². The molecule has 0 saturated carbocycles. The van der Waals surface area contributed by atoms with Crippen LogP contribution in [0.1, 0.15) is 52.7 Å². The molecule has 4 rings (SSSR count). The summed E-state index contributed by atoms with van der Waals surface area (Å²) in [5.41, 5.74) is 3.14. The molecule has 2 heterocycles. The van der Waals surface area contributed by atoms with E-state index in [4.69, 9.17) is 28.4 Å². The Morgan fingerprint density at radius 3 is 1.57 bits per heavy atom. The molecule has 46 heavy (non-hydrogen) atoms. The van der Waals surface area contributed by atoms with E-state index >= 15 is 0 Å². The van der Waals surface area contributed by atoms with Crippen LogP contribution in [-0.2, 0) is 31.9 Å². The first kappa shape index (κ1) is 34.8. The Balaban J connectivity index is 1.98. The van der Waals surface area contributed by atoms with Crippen LogP contribution in [-0.4, -0.2) is 51.6 Å². The molecule has 0 bridgehead atoms. The van der Waals surface area contributed by atoms with Crippen LogP contribution >= 0.6 is 22.7 Å². The van der Waals surface area contributed by atoms with Crippen LogP contribution < -0.4 is 18.9 Å². The SMILES string of the molecule is CCOC(=O)Cc1cc(-c2c(OC)cccc2OC(C)C)sc1-c1cc(CC(=O)OCC)c(-c2c(OC)cccc2OC(C)C)s1. The van der Waals surface area contributed by atoms with E-state index < -0.39 is 0 Å². The molecular weight excluding hydrogens is 625 g/mol. The number of hydrogen-bond acceptors (Lipinski definition) is 10. The van der Waals surface area contributed by atoms with Gasteiger partial charge in [-0.25, -0.2) is 0 Å². The number of carbonyl (C=O) groups is 2. The molecular formula is C36H42O8S2. The molecule has 2 aromatic heterocycles. The van der Waals surface area contributed by atoms with E-state index in [-0.39, 0.29) is 50.2 Å². The van der Waals surface area contributed by atoms with Gasteiger partial charge in [0.15, 0.2) is 0 Å². The van der Waals surface area contributed by atoms with Crippen molar-refractivity contribution >= 4 is 34.6 Å². The zero-order chi connectivity index (χ0) is 33.4. The third-order valence-corrected chi connectivity index (χ3v) is 9.31. The van der Waals surface area contributed by atoms with E-state index in [2.05, 4.69) is 0 Å². The predicted molar refractivity (Wildman–Crippen MR) is 184 cm³/mol. The van der Waals surface area contributed by atoms with Crippen LogP contribution in [0.5, 0.6) is 23.0 Å². The molecule has 2 aromatic carbocycles.